The first-order chi connectivity index (χ1) is 8.23. The molecule has 1 heterocycles. The minimum absolute atomic E-state index is 0.178. The SMILES string of the molecule is C/C(=C\C(=O)N1CCCCC1C(=O)O)C(F)(F)F. The van der Waals surface area contributed by atoms with Gasteiger partial charge in [-0.25, -0.2) is 4.79 Å². The summed E-state index contributed by atoms with van der Waals surface area (Å²) in [4.78, 5) is 23.6. The van der Waals surface area contributed by atoms with Crippen LogP contribution in [0, 0.1) is 0 Å². The van der Waals surface area contributed by atoms with Crippen molar-refractivity contribution in [3.8, 4) is 0 Å². The number of hydrogen-bond acceptors (Lipinski definition) is 2. The molecule has 0 saturated carbocycles. The third-order valence-corrected chi connectivity index (χ3v) is 2.86. The van der Waals surface area contributed by atoms with Gasteiger partial charge in [0.15, 0.2) is 0 Å². The van der Waals surface area contributed by atoms with Gasteiger partial charge in [0.05, 0.1) is 0 Å². The summed E-state index contributed by atoms with van der Waals surface area (Å²) >= 11 is 0. The van der Waals surface area contributed by atoms with Gasteiger partial charge in [0.1, 0.15) is 6.04 Å². The second-order valence-corrected chi connectivity index (χ2v) is 4.21. The van der Waals surface area contributed by atoms with Crippen LogP contribution in [0.15, 0.2) is 11.6 Å². The lowest BCUT2D eigenvalue weighted by Gasteiger charge is -2.32. The average molecular weight is 265 g/mol. The fraction of sp³-hybridized carbons (Fsp3) is 0.636. The topological polar surface area (TPSA) is 57.6 Å². The third-order valence-electron chi connectivity index (χ3n) is 2.86. The Morgan fingerprint density at radius 2 is 1.94 bits per heavy atom. The highest BCUT2D eigenvalue weighted by Crippen LogP contribution is 2.25. The Morgan fingerprint density at radius 1 is 1.33 bits per heavy atom. The van der Waals surface area contributed by atoms with Crippen molar-refractivity contribution in [2.75, 3.05) is 6.54 Å². The van der Waals surface area contributed by atoms with Gasteiger partial charge < -0.3 is 10.0 Å². The number of carboxylic acids is 1. The van der Waals surface area contributed by atoms with Gasteiger partial charge in [-0.3, -0.25) is 4.79 Å². The van der Waals surface area contributed by atoms with Crippen molar-refractivity contribution >= 4 is 11.9 Å². The Kier molecular flexibility index (Phi) is 4.37. The molecule has 4 nitrogen and oxygen atoms in total. The fourth-order valence-electron chi connectivity index (χ4n) is 1.80. The van der Waals surface area contributed by atoms with E-state index in [-0.39, 0.29) is 13.0 Å². The zero-order valence-corrected chi connectivity index (χ0v) is 9.83. The number of aliphatic carboxylic acids is 1. The van der Waals surface area contributed by atoms with E-state index in [0.717, 1.165) is 11.8 Å². The molecule has 0 bridgehead atoms. The zero-order chi connectivity index (χ0) is 13.9. The molecule has 1 amide bonds. The van der Waals surface area contributed by atoms with E-state index < -0.39 is 29.7 Å². The Morgan fingerprint density at radius 3 is 2.44 bits per heavy atom. The Labute approximate surface area is 102 Å². The molecule has 0 aromatic rings. The Hall–Kier alpha value is -1.53. The lowest BCUT2D eigenvalue weighted by Crippen LogP contribution is -2.47. The first-order valence-corrected chi connectivity index (χ1v) is 5.52. The van der Waals surface area contributed by atoms with E-state index >= 15 is 0 Å². The normalized spacial score (nSPS) is 21.9. The van der Waals surface area contributed by atoms with E-state index in [4.69, 9.17) is 5.11 Å². The summed E-state index contributed by atoms with van der Waals surface area (Å²) in [6.45, 7) is 0.967. The molecule has 1 saturated heterocycles. The van der Waals surface area contributed by atoms with Crippen molar-refractivity contribution in [3.05, 3.63) is 11.6 Å². The van der Waals surface area contributed by atoms with Gasteiger partial charge in [-0.05, 0) is 26.2 Å². The van der Waals surface area contributed by atoms with Crippen LogP contribution >= 0.6 is 0 Å². The van der Waals surface area contributed by atoms with Crippen LogP contribution in [-0.4, -0.2) is 40.6 Å². The van der Waals surface area contributed by atoms with Crippen molar-refractivity contribution in [2.24, 2.45) is 0 Å². The Bertz CT molecular complexity index is 376. The van der Waals surface area contributed by atoms with Gasteiger partial charge in [0, 0.05) is 18.2 Å². The molecule has 1 atom stereocenters. The van der Waals surface area contributed by atoms with Gasteiger partial charge in [-0.2, -0.15) is 13.2 Å². The number of carbonyl (C=O) groups excluding carboxylic acids is 1. The van der Waals surface area contributed by atoms with Crippen LogP contribution in [0.5, 0.6) is 0 Å². The molecule has 7 heteroatoms. The maximum atomic E-state index is 12.3. The largest absolute Gasteiger partial charge is 0.480 e. The molecule has 1 unspecified atom stereocenters. The lowest BCUT2D eigenvalue weighted by molar-refractivity contribution is -0.150. The van der Waals surface area contributed by atoms with Crippen molar-refractivity contribution in [2.45, 2.75) is 38.4 Å². The number of piperidine rings is 1. The summed E-state index contributed by atoms with van der Waals surface area (Å²) in [6.07, 6.45) is -2.57. The lowest BCUT2D eigenvalue weighted by atomic mass is 10.0. The molecular formula is C11H14F3NO3. The summed E-state index contributed by atoms with van der Waals surface area (Å²) in [5, 5.41) is 8.91. The maximum absolute atomic E-state index is 12.3. The molecule has 0 spiro atoms. The van der Waals surface area contributed by atoms with Gasteiger partial charge in [0.25, 0.3) is 0 Å². The highest BCUT2D eigenvalue weighted by molar-refractivity contribution is 5.92. The molecule has 18 heavy (non-hydrogen) atoms. The van der Waals surface area contributed by atoms with Gasteiger partial charge in [0.2, 0.25) is 5.91 Å². The van der Waals surface area contributed by atoms with E-state index in [0.29, 0.717) is 18.9 Å². The summed E-state index contributed by atoms with van der Waals surface area (Å²) in [6, 6.07) is -1.02. The second kappa shape index (κ2) is 5.41. The predicted octanol–water partition coefficient (Wildman–Crippen LogP) is 1.96. The number of allylic oxidation sites excluding steroid dienone is 1. The van der Waals surface area contributed by atoms with Crippen LogP contribution in [0.3, 0.4) is 0 Å². The highest BCUT2D eigenvalue weighted by atomic mass is 19.4. The van der Waals surface area contributed by atoms with E-state index in [1.165, 1.54) is 0 Å². The van der Waals surface area contributed by atoms with Crippen LogP contribution in [0.2, 0.25) is 0 Å². The third kappa shape index (κ3) is 3.48. The van der Waals surface area contributed by atoms with Crippen molar-refractivity contribution in [1.82, 2.24) is 4.90 Å². The van der Waals surface area contributed by atoms with Crippen LogP contribution in [0.25, 0.3) is 0 Å². The molecule has 0 radical (unpaired) electrons. The van der Waals surface area contributed by atoms with E-state index in [1.807, 2.05) is 0 Å². The number of nitrogens with zero attached hydrogens (tertiary/aromatic N) is 1. The summed E-state index contributed by atoms with van der Waals surface area (Å²) in [5.74, 6) is -2.07. The number of rotatable bonds is 2. The van der Waals surface area contributed by atoms with Crippen molar-refractivity contribution in [3.63, 3.8) is 0 Å². The second-order valence-electron chi connectivity index (χ2n) is 4.21. The van der Waals surface area contributed by atoms with Crippen LogP contribution in [0.4, 0.5) is 13.2 Å². The number of carbonyl (C=O) groups is 2. The summed E-state index contributed by atoms with van der Waals surface area (Å²) in [5.41, 5.74) is -1.03. The minimum Gasteiger partial charge on any atom is -0.480 e. The first-order valence-electron chi connectivity index (χ1n) is 5.52. The highest BCUT2D eigenvalue weighted by Gasteiger charge is 2.34. The number of halogens is 3. The Balaban J connectivity index is 2.85. The van der Waals surface area contributed by atoms with Gasteiger partial charge >= 0.3 is 12.1 Å². The van der Waals surface area contributed by atoms with Crippen LogP contribution < -0.4 is 0 Å². The number of carboxylic acid groups (broad SMARTS) is 1. The molecule has 1 aliphatic rings. The van der Waals surface area contributed by atoms with E-state index in [9.17, 15) is 22.8 Å². The number of hydrogen-bond donors (Lipinski definition) is 1. The molecule has 1 aliphatic heterocycles. The summed E-state index contributed by atoms with van der Waals surface area (Å²) in [7, 11) is 0. The van der Waals surface area contributed by atoms with E-state index in [1.54, 1.807) is 0 Å². The summed E-state index contributed by atoms with van der Waals surface area (Å²) < 4.78 is 36.8. The monoisotopic (exact) mass is 265 g/mol. The number of amides is 1. The molecule has 1 N–H and O–H groups in total. The molecular weight excluding hydrogens is 251 g/mol. The molecule has 1 fully saturated rings. The molecule has 1 rings (SSSR count). The van der Waals surface area contributed by atoms with Crippen molar-refractivity contribution < 1.29 is 27.9 Å². The number of alkyl halides is 3. The maximum Gasteiger partial charge on any atom is 0.412 e. The van der Waals surface area contributed by atoms with Crippen LogP contribution in [-0.2, 0) is 9.59 Å². The predicted molar refractivity (Wildman–Crippen MR) is 56.8 cm³/mol. The van der Waals surface area contributed by atoms with E-state index in [2.05, 4.69) is 0 Å². The molecule has 102 valence electrons. The fourth-order valence-corrected chi connectivity index (χ4v) is 1.80. The zero-order valence-electron chi connectivity index (χ0n) is 9.83. The smallest absolute Gasteiger partial charge is 0.412 e. The van der Waals surface area contributed by atoms with Gasteiger partial charge in [-0.1, -0.05) is 0 Å². The molecule has 0 aliphatic carbocycles. The number of likely N-dealkylation sites (tertiary alicyclic amines) is 1. The average Bonchev–Trinajstić information content (AvgIpc) is 2.27. The quantitative estimate of drug-likeness (QED) is 0.776. The standard InChI is InChI=1S/C11H14F3NO3/c1-7(11(12,13)14)6-9(16)15-5-3-2-4-8(15)10(17)18/h6,8H,2-5H2,1H3,(H,17,18)/b7-6+. The molecule has 0 aromatic heterocycles. The minimum atomic E-state index is -4.57. The van der Waals surface area contributed by atoms with Gasteiger partial charge in [-0.15, -0.1) is 0 Å². The van der Waals surface area contributed by atoms with Crippen molar-refractivity contribution in [1.29, 1.82) is 0 Å². The molecule has 0 aromatic carbocycles. The van der Waals surface area contributed by atoms with Crippen LogP contribution in [0.1, 0.15) is 26.2 Å². The first kappa shape index (κ1) is 14.5.